The summed E-state index contributed by atoms with van der Waals surface area (Å²) in [7, 11) is 0. The molecule has 2 rings (SSSR count). The van der Waals surface area contributed by atoms with E-state index < -0.39 is 23.6 Å². The van der Waals surface area contributed by atoms with Crippen molar-refractivity contribution in [2.45, 2.75) is 12.2 Å². The third-order valence-electron chi connectivity index (χ3n) is 2.96. The molecule has 0 spiro atoms. The van der Waals surface area contributed by atoms with Crippen molar-refractivity contribution >= 4 is 15.9 Å². The minimum Gasteiger partial charge on any atom is -0.271 e. The second kappa shape index (κ2) is 6.13. The average Bonchev–Trinajstić information content (AvgIpc) is 2.38. The molecule has 0 aliphatic carbocycles. The van der Waals surface area contributed by atoms with Crippen LogP contribution in [-0.2, 0) is 6.18 Å². The first-order valence-corrected chi connectivity index (χ1v) is 6.70. The zero-order chi connectivity index (χ0) is 15.6. The number of nitrogens with one attached hydrogen (secondary N) is 1. The molecule has 1 unspecified atom stereocenters. The minimum absolute atomic E-state index is 0.0648. The molecule has 0 fully saturated rings. The molecule has 7 heteroatoms. The second-order valence-electron chi connectivity index (χ2n) is 4.39. The zero-order valence-electron chi connectivity index (χ0n) is 10.6. The molecule has 112 valence electrons. The van der Waals surface area contributed by atoms with Gasteiger partial charge in [-0.1, -0.05) is 34.1 Å². The third kappa shape index (κ3) is 3.61. The number of benzene rings is 2. The maximum Gasteiger partial charge on any atom is 0.416 e. The van der Waals surface area contributed by atoms with Crippen LogP contribution >= 0.6 is 15.9 Å². The van der Waals surface area contributed by atoms with Crippen LogP contribution in [0.25, 0.3) is 0 Å². The molecule has 0 aliphatic heterocycles. The van der Waals surface area contributed by atoms with Crippen LogP contribution in [0, 0.1) is 5.82 Å². The summed E-state index contributed by atoms with van der Waals surface area (Å²) in [4.78, 5) is 0. The summed E-state index contributed by atoms with van der Waals surface area (Å²) in [5, 5.41) is 0. The van der Waals surface area contributed by atoms with Crippen LogP contribution in [0.1, 0.15) is 22.7 Å². The maximum atomic E-state index is 13.5. The van der Waals surface area contributed by atoms with Gasteiger partial charge in [0, 0.05) is 4.47 Å². The Hall–Kier alpha value is -1.44. The summed E-state index contributed by atoms with van der Waals surface area (Å²) in [6.45, 7) is 0. The summed E-state index contributed by atoms with van der Waals surface area (Å²) >= 11 is 3.11. The van der Waals surface area contributed by atoms with Crippen LogP contribution in [0.2, 0.25) is 0 Å². The van der Waals surface area contributed by atoms with Gasteiger partial charge in [0.2, 0.25) is 0 Å². The van der Waals surface area contributed by atoms with Gasteiger partial charge in [0.1, 0.15) is 5.82 Å². The number of hydrazine groups is 1. The second-order valence-corrected chi connectivity index (χ2v) is 5.30. The van der Waals surface area contributed by atoms with Crippen LogP contribution in [0.15, 0.2) is 46.9 Å². The molecule has 0 radical (unpaired) electrons. The van der Waals surface area contributed by atoms with E-state index in [1.165, 1.54) is 30.3 Å². The highest BCUT2D eigenvalue weighted by Gasteiger charge is 2.35. The normalized spacial score (nSPS) is 13.2. The van der Waals surface area contributed by atoms with Gasteiger partial charge in [0.05, 0.1) is 11.6 Å². The van der Waals surface area contributed by atoms with Crippen molar-refractivity contribution in [1.82, 2.24) is 5.43 Å². The van der Waals surface area contributed by atoms with E-state index in [2.05, 4.69) is 21.4 Å². The number of alkyl halides is 3. The van der Waals surface area contributed by atoms with Crippen LogP contribution in [0.4, 0.5) is 17.6 Å². The van der Waals surface area contributed by atoms with Crippen molar-refractivity contribution in [2.24, 2.45) is 5.84 Å². The molecule has 2 nitrogen and oxygen atoms in total. The number of hydrogen-bond acceptors (Lipinski definition) is 2. The van der Waals surface area contributed by atoms with Crippen LogP contribution in [0.5, 0.6) is 0 Å². The van der Waals surface area contributed by atoms with Crippen LogP contribution < -0.4 is 11.3 Å². The molecule has 0 heterocycles. The predicted molar refractivity (Wildman–Crippen MR) is 74.7 cm³/mol. The van der Waals surface area contributed by atoms with E-state index in [1.54, 1.807) is 0 Å². The highest BCUT2D eigenvalue weighted by atomic mass is 79.9. The minimum atomic E-state index is -4.52. The van der Waals surface area contributed by atoms with E-state index in [-0.39, 0.29) is 5.56 Å². The fourth-order valence-electron chi connectivity index (χ4n) is 2.11. The summed E-state index contributed by atoms with van der Waals surface area (Å²) in [6, 6.07) is 7.94. The summed E-state index contributed by atoms with van der Waals surface area (Å²) in [5.74, 6) is 4.83. The molecule has 0 saturated heterocycles. The zero-order valence-corrected chi connectivity index (χ0v) is 12.2. The Morgan fingerprint density at radius 1 is 1.10 bits per heavy atom. The molecular formula is C14H11BrF4N2. The Labute approximate surface area is 127 Å². The molecule has 21 heavy (non-hydrogen) atoms. The molecule has 2 aromatic rings. The van der Waals surface area contributed by atoms with Gasteiger partial charge < -0.3 is 0 Å². The largest absolute Gasteiger partial charge is 0.416 e. The molecule has 1 atom stereocenters. The van der Waals surface area contributed by atoms with Gasteiger partial charge in [-0.05, 0) is 35.4 Å². The summed E-state index contributed by atoms with van der Waals surface area (Å²) in [5.41, 5.74) is 1.73. The lowest BCUT2D eigenvalue weighted by Gasteiger charge is -2.21. The highest BCUT2D eigenvalue weighted by Crippen LogP contribution is 2.36. The Balaban J connectivity index is 2.57. The van der Waals surface area contributed by atoms with Gasteiger partial charge >= 0.3 is 6.18 Å². The molecular weight excluding hydrogens is 352 g/mol. The molecule has 0 aliphatic rings. The Bertz CT molecular complexity index is 623. The third-order valence-corrected chi connectivity index (χ3v) is 3.42. The van der Waals surface area contributed by atoms with Crippen molar-refractivity contribution in [3.63, 3.8) is 0 Å². The average molecular weight is 363 g/mol. The lowest BCUT2D eigenvalue weighted by Crippen LogP contribution is -2.30. The molecule has 0 aromatic heterocycles. The van der Waals surface area contributed by atoms with E-state index in [0.717, 1.165) is 12.1 Å². The number of rotatable bonds is 3. The van der Waals surface area contributed by atoms with Crippen molar-refractivity contribution < 1.29 is 17.6 Å². The standard InChI is InChI=1S/C14H11BrF4N2/c15-9-5-8(6-10(16)7-9)13(21-20)11-3-1-2-4-12(11)14(17,18)19/h1-7,13,21H,20H2. The summed E-state index contributed by atoms with van der Waals surface area (Å²) in [6.07, 6.45) is -4.52. The van der Waals surface area contributed by atoms with Crippen molar-refractivity contribution in [1.29, 1.82) is 0 Å². The number of hydrogen-bond donors (Lipinski definition) is 2. The van der Waals surface area contributed by atoms with E-state index in [9.17, 15) is 17.6 Å². The monoisotopic (exact) mass is 362 g/mol. The van der Waals surface area contributed by atoms with E-state index in [4.69, 9.17) is 5.84 Å². The van der Waals surface area contributed by atoms with Gasteiger partial charge in [-0.25, -0.2) is 9.82 Å². The Kier molecular flexibility index (Phi) is 4.65. The molecule has 0 amide bonds. The van der Waals surface area contributed by atoms with Crippen LogP contribution in [-0.4, -0.2) is 0 Å². The first kappa shape index (κ1) is 15.9. The molecule has 2 aromatic carbocycles. The smallest absolute Gasteiger partial charge is 0.271 e. The van der Waals surface area contributed by atoms with E-state index in [1.807, 2.05) is 0 Å². The van der Waals surface area contributed by atoms with Gasteiger partial charge in [-0.3, -0.25) is 5.84 Å². The van der Waals surface area contributed by atoms with Gasteiger partial charge in [-0.15, -0.1) is 0 Å². The predicted octanol–water partition coefficient (Wildman–Crippen LogP) is 4.16. The highest BCUT2D eigenvalue weighted by molar-refractivity contribution is 9.10. The first-order chi connectivity index (χ1) is 9.82. The molecule has 0 bridgehead atoms. The quantitative estimate of drug-likeness (QED) is 0.488. The fraction of sp³-hybridized carbons (Fsp3) is 0.143. The topological polar surface area (TPSA) is 38.0 Å². The van der Waals surface area contributed by atoms with Gasteiger partial charge in [0.15, 0.2) is 0 Å². The molecule has 0 saturated carbocycles. The number of nitrogens with two attached hydrogens (primary N) is 1. The Morgan fingerprint density at radius 2 is 1.76 bits per heavy atom. The van der Waals surface area contributed by atoms with Gasteiger partial charge in [0.25, 0.3) is 0 Å². The maximum absolute atomic E-state index is 13.5. The SMILES string of the molecule is NNC(c1cc(F)cc(Br)c1)c1ccccc1C(F)(F)F. The fourth-order valence-corrected chi connectivity index (χ4v) is 2.60. The molecule has 3 N–H and O–H groups in total. The van der Waals surface area contributed by atoms with Crippen molar-refractivity contribution in [3.05, 3.63) is 69.4 Å². The lowest BCUT2D eigenvalue weighted by molar-refractivity contribution is -0.138. The Morgan fingerprint density at radius 3 is 2.33 bits per heavy atom. The van der Waals surface area contributed by atoms with Crippen LogP contribution in [0.3, 0.4) is 0 Å². The van der Waals surface area contributed by atoms with E-state index in [0.29, 0.717) is 10.0 Å². The van der Waals surface area contributed by atoms with Gasteiger partial charge in [-0.2, -0.15) is 13.2 Å². The lowest BCUT2D eigenvalue weighted by atomic mass is 9.94. The summed E-state index contributed by atoms with van der Waals surface area (Å²) < 4.78 is 53.1. The van der Waals surface area contributed by atoms with E-state index >= 15 is 0 Å². The van der Waals surface area contributed by atoms with Crippen molar-refractivity contribution in [3.8, 4) is 0 Å². The van der Waals surface area contributed by atoms with Crippen molar-refractivity contribution in [2.75, 3.05) is 0 Å². The number of halogens is 5. The first-order valence-electron chi connectivity index (χ1n) is 5.91.